The Kier molecular flexibility index (Phi) is 2.97. The van der Waals surface area contributed by atoms with Crippen molar-refractivity contribution in [3.8, 4) is 0 Å². The fourth-order valence-electron chi connectivity index (χ4n) is 1.93. The van der Waals surface area contributed by atoms with Crippen LogP contribution in [0, 0.1) is 5.82 Å². The maximum atomic E-state index is 13.6. The van der Waals surface area contributed by atoms with Gasteiger partial charge in [0.05, 0.1) is 6.20 Å². The average molecular weight is 278 g/mol. The first-order chi connectivity index (χ1) is 9.15. The Balaban J connectivity index is 2.07. The van der Waals surface area contributed by atoms with E-state index in [0.717, 1.165) is 11.6 Å². The number of fused-ring (bicyclic) bond motifs is 1. The van der Waals surface area contributed by atoms with Crippen LogP contribution < -0.4 is 0 Å². The summed E-state index contributed by atoms with van der Waals surface area (Å²) in [4.78, 5) is 3.64. The van der Waals surface area contributed by atoms with Crippen LogP contribution in [0.4, 0.5) is 4.39 Å². The number of pyridine rings is 1. The lowest BCUT2D eigenvalue weighted by atomic mass is 10.1. The summed E-state index contributed by atoms with van der Waals surface area (Å²) in [6.45, 7) is 0. The zero-order valence-corrected chi connectivity index (χ0v) is 10.4. The van der Waals surface area contributed by atoms with E-state index in [1.165, 1.54) is 12.3 Å². The molecular formula is C14H9ClFNO2. The lowest BCUT2D eigenvalue weighted by molar-refractivity contribution is 0.187. The van der Waals surface area contributed by atoms with Gasteiger partial charge in [0.2, 0.25) is 0 Å². The Bertz CT molecular complexity index is 741. The van der Waals surface area contributed by atoms with Gasteiger partial charge in [-0.2, -0.15) is 0 Å². The Labute approximate surface area is 113 Å². The molecule has 2 aromatic heterocycles. The smallest absolute Gasteiger partial charge is 0.147 e. The summed E-state index contributed by atoms with van der Waals surface area (Å²) < 4.78 is 19.1. The minimum absolute atomic E-state index is 0.125. The van der Waals surface area contributed by atoms with Gasteiger partial charge in [0.25, 0.3) is 0 Å². The summed E-state index contributed by atoms with van der Waals surface area (Å²) in [7, 11) is 0. The van der Waals surface area contributed by atoms with Crippen molar-refractivity contribution < 1.29 is 13.9 Å². The van der Waals surface area contributed by atoms with Gasteiger partial charge in [0, 0.05) is 22.2 Å². The monoisotopic (exact) mass is 277 g/mol. The maximum Gasteiger partial charge on any atom is 0.147 e. The molecule has 96 valence electrons. The van der Waals surface area contributed by atoms with Crippen LogP contribution in [0.5, 0.6) is 0 Å². The molecule has 1 aromatic carbocycles. The van der Waals surface area contributed by atoms with Gasteiger partial charge in [0.1, 0.15) is 23.3 Å². The maximum absolute atomic E-state index is 13.6. The molecular weight excluding hydrogens is 269 g/mol. The van der Waals surface area contributed by atoms with Gasteiger partial charge < -0.3 is 9.52 Å². The summed E-state index contributed by atoms with van der Waals surface area (Å²) >= 11 is 5.88. The molecule has 0 fully saturated rings. The highest BCUT2D eigenvalue weighted by atomic mass is 35.5. The molecule has 2 heterocycles. The summed E-state index contributed by atoms with van der Waals surface area (Å²) in [6, 6.07) is 8.18. The number of furan rings is 1. The average Bonchev–Trinajstić information content (AvgIpc) is 2.81. The number of halogens is 2. The number of hydrogen-bond donors (Lipinski definition) is 1. The number of benzene rings is 1. The quantitative estimate of drug-likeness (QED) is 0.777. The van der Waals surface area contributed by atoms with E-state index in [1.54, 1.807) is 24.3 Å². The van der Waals surface area contributed by atoms with E-state index in [2.05, 4.69) is 4.98 Å². The highest BCUT2D eigenvalue weighted by Gasteiger charge is 2.19. The minimum Gasteiger partial charge on any atom is -0.458 e. The van der Waals surface area contributed by atoms with E-state index in [-0.39, 0.29) is 11.3 Å². The van der Waals surface area contributed by atoms with Crippen molar-refractivity contribution >= 4 is 22.6 Å². The van der Waals surface area contributed by atoms with Crippen molar-refractivity contribution in [2.45, 2.75) is 6.10 Å². The van der Waals surface area contributed by atoms with Gasteiger partial charge in [-0.3, -0.25) is 4.98 Å². The lowest BCUT2D eigenvalue weighted by Gasteiger charge is -2.08. The second-order valence-electron chi connectivity index (χ2n) is 4.13. The highest BCUT2D eigenvalue weighted by Crippen LogP contribution is 2.30. The fraction of sp³-hybridized carbons (Fsp3) is 0.0714. The normalized spacial score (nSPS) is 12.8. The van der Waals surface area contributed by atoms with Crippen molar-refractivity contribution in [2.24, 2.45) is 0 Å². The van der Waals surface area contributed by atoms with Crippen molar-refractivity contribution in [2.75, 3.05) is 0 Å². The van der Waals surface area contributed by atoms with Gasteiger partial charge in [-0.15, -0.1) is 0 Å². The zero-order chi connectivity index (χ0) is 13.4. The minimum atomic E-state index is -1.17. The van der Waals surface area contributed by atoms with Crippen LogP contribution in [0.15, 0.2) is 47.1 Å². The number of nitrogens with zero attached hydrogens (tertiary/aromatic N) is 1. The second-order valence-corrected chi connectivity index (χ2v) is 4.57. The Hall–Kier alpha value is -1.91. The Morgan fingerprint density at radius 1 is 1.26 bits per heavy atom. The van der Waals surface area contributed by atoms with Crippen LogP contribution in [0.2, 0.25) is 5.02 Å². The zero-order valence-electron chi connectivity index (χ0n) is 9.68. The predicted molar refractivity (Wildman–Crippen MR) is 69.5 cm³/mol. The largest absolute Gasteiger partial charge is 0.458 e. The van der Waals surface area contributed by atoms with Crippen LogP contribution in [-0.2, 0) is 0 Å². The molecule has 5 heteroatoms. The van der Waals surface area contributed by atoms with Crippen LogP contribution in [0.3, 0.4) is 0 Å². The summed E-state index contributed by atoms with van der Waals surface area (Å²) in [6.07, 6.45) is 1.30. The van der Waals surface area contributed by atoms with Gasteiger partial charge >= 0.3 is 0 Å². The third kappa shape index (κ3) is 2.20. The summed E-state index contributed by atoms with van der Waals surface area (Å²) in [5.74, 6) is -0.309. The Morgan fingerprint density at radius 3 is 2.89 bits per heavy atom. The molecule has 0 aliphatic rings. The highest BCUT2D eigenvalue weighted by molar-refractivity contribution is 6.31. The predicted octanol–water partition coefficient (Wildman–Crippen LogP) is 3.70. The molecule has 0 saturated carbocycles. The van der Waals surface area contributed by atoms with Crippen molar-refractivity contribution in [3.05, 3.63) is 64.9 Å². The summed E-state index contributed by atoms with van der Waals surface area (Å²) in [5, 5.41) is 11.5. The number of rotatable bonds is 2. The van der Waals surface area contributed by atoms with Crippen LogP contribution in [-0.4, -0.2) is 10.1 Å². The van der Waals surface area contributed by atoms with Crippen LogP contribution in [0.1, 0.15) is 17.4 Å². The first-order valence-corrected chi connectivity index (χ1v) is 5.99. The first-order valence-electron chi connectivity index (χ1n) is 5.61. The summed E-state index contributed by atoms with van der Waals surface area (Å²) in [5.41, 5.74) is 0.716. The number of aromatic nitrogens is 1. The molecule has 0 saturated heterocycles. The van der Waals surface area contributed by atoms with E-state index in [1.807, 2.05) is 0 Å². The first kappa shape index (κ1) is 12.1. The van der Waals surface area contributed by atoms with E-state index in [4.69, 9.17) is 16.0 Å². The molecule has 1 atom stereocenters. The molecule has 19 heavy (non-hydrogen) atoms. The van der Waals surface area contributed by atoms with Crippen LogP contribution in [0.25, 0.3) is 11.0 Å². The van der Waals surface area contributed by atoms with Gasteiger partial charge in [0.15, 0.2) is 0 Å². The van der Waals surface area contributed by atoms with E-state index >= 15 is 0 Å². The van der Waals surface area contributed by atoms with Gasteiger partial charge in [-0.1, -0.05) is 11.6 Å². The van der Waals surface area contributed by atoms with Crippen molar-refractivity contribution in [1.82, 2.24) is 4.98 Å². The van der Waals surface area contributed by atoms with Gasteiger partial charge in [-0.05, 0) is 30.3 Å². The standard InChI is InChI=1S/C14H9ClFNO2/c15-9-1-2-12-8(5-9)6-13(19-12)14(18)10-3-4-17-7-11(10)16/h1-7,14,18H. The third-order valence-electron chi connectivity index (χ3n) is 2.87. The van der Waals surface area contributed by atoms with E-state index in [9.17, 15) is 9.50 Å². The molecule has 3 rings (SSSR count). The van der Waals surface area contributed by atoms with E-state index in [0.29, 0.717) is 10.6 Å². The third-order valence-corrected chi connectivity index (χ3v) is 3.10. The SMILES string of the molecule is OC(c1cc2cc(Cl)ccc2o1)c1ccncc1F. The molecule has 3 nitrogen and oxygen atoms in total. The number of hydrogen-bond acceptors (Lipinski definition) is 3. The van der Waals surface area contributed by atoms with Crippen LogP contribution >= 0.6 is 11.6 Å². The molecule has 0 spiro atoms. The molecule has 0 bridgehead atoms. The van der Waals surface area contributed by atoms with Gasteiger partial charge in [-0.25, -0.2) is 4.39 Å². The molecule has 1 unspecified atom stereocenters. The molecule has 0 radical (unpaired) electrons. The molecule has 0 aliphatic heterocycles. The topological polar surface area (TPSA) is 46.3 Å². The molecule has 0 aliphatic carbocycles. The van der Waals surface area contributed by atoms with E-state index < -0.39 is 11.9 Å². The number of aliphatic hydroxyl groups excluding tert-OH is 1. The Morgan fingerprint density at radius 2 is 2.11 bits per heavy atom. The fourth-order valence-corrected chi connectivity index (χ4v) is 2.11. The number of aliphatic hydroxyl groups is 1. The second kappa shape index (κ2) is 4.64. The molecule has 1 N–H and O–H groups in total. The molecule has 3 aromatic rings. The van der Waals surface area contributed by atoms with Crippen molar-refractivity contribution in [1.29, 1.82) is 0 Å². The van der Waals surface area contributed by atoms with Crippen molar-refractivity contribution in [3.63, 3.8) is 0 Å². The molecule has 0 amide bonds. The lowest BCUT2D eigenvalue weighted by Crippen LogP contribution is -2.01.